The molecule has 0 bridgehead atoms. The molecular formula is C15H29NO3. The lowest BCUT2D eigenvalue weighted by atomic mass is 9.69. The third-order valence-electron chi connectivity index (χ3n) is 3.93. The van der Waals surface area contributed by atoms with Crippen molar-refractivity contribution in [1.82, 2.24) is 5.48 Å². The highest BCUT2D eigenvalue weighted by Gasteiger charge is 2.28. The summed E-state index contributed by atoms with van der Waals surface area (Å²) in [5.41, 5.74) is 1.72. The molecule has 0 heterocycles. The molecule has 19 heavy (non-hydrogen) atoms. The van der Waals surface area contributed by atoms with Crippen molar-refractivity contribution in [3.8, 4) is 0 Å². The Labute approximate surface area is 117 Å². The molecule has 3 unspecified atom stereocenters. The van der Waals surface area contributed by atoms with E-state index in [9.17, 15) is 9.59 Å². The van der Waals surface area contributed by atoms with Crippen LogP contribution in [0.2, 0.25) is 0 Å². The van der Waals surface area contributed by atoms with Gasteiger partial charge in [0.25, 0.3) is 0 Å². The van der Waals surface area contributed by atoms with Crippen LogP contribution in [-0.4, -0.2) is 12.4 Å². The van der Waals surface area contributed by atoms with Crippen molar-refractivity contribution in [3.63, 3.8) is 0 Å². The first kappa shape index (κ1) is 17.9. The highest BCUT2D eigenvalue weighted by atomic mass is 16.7. The second-order valence-corrected chi connectivity index (χ2v) is 5.82. The van der Waals surface area contributed by atoms with Crippen LogP contribution in [0.25, 0.3) is 0 Å². The fourth-order valence-corrected chi connectivity index (χ4v) is 2.98. The fraction of sp³-hybridized carbons (Fsp3) is 0.867. The molecule has 1 N–H and O–H groups in total. The molecular weight excluding hydrogens is 242 g/mol. The number of nitrogens with one attached hydrogen (secondary N) is 1. The van der Waals surface area contributed by atoms with E-state index in [1.165, 1.54) is 32.6 Å². The lowest BCUT2D eigenvalue weighted by Crippen LogP contribution is -2.26. The third-order valence-corrected chi connectivity index (χ3v) is 3.93. The molecule has 0 aliphatic heterocycles. The van der Waals surface area contributed by atoms with Crippen LogP contribution in [0.3, 0.4) is 0 Å². The van der Waals surface area contributed by atoms with Crippen LogP contribution >= 0.6 is 0 Å². The van der Waals surface area contributed by atoms with Crippen LogP contribution < -0.4 is 5.48 Å². The summed E-state index contributed by atoms with van der Waals surface area (Å²) in [6.45, 7) is 10.8. The van der Waals surface area contributed by atoms with E-state index in [2.05, 4.69) is 32.5 Å². The Balaban J connectivity index is 0.000000399. The van der Waals surface area contributed by atoms with Crippen molar-refractivity contribution in [2.45, 2.75) is 60.3 Å². The predicted molar refractivity (Wildman–Crippen MR) is 76.1 cm³/mol. The zero-order valence-corrected chi connectivity index (χ0v) is 12.9. The molecule has 0 aromatic heterocycles. The van der Waals surface area contributed by atoms with Gasteiger partial charge >= 0.3 is 5.97 Å². The van der Waals surface area contributed by atoms with Gasteiger partial charge < -0.3 is 4.84 Å². The molecule has 112 valence electrons. The van der Waals surface area contributed by atoms with E-state index < -0.39 is 5.97 Å². The molecule has 0 aromatic carbocycles. The molecule has 0 saturated heterocycles. The van der Waals surface area contributed by atoms with Gasteiger partial charge in [0, 0.05) is 6.92 Å². The van der Waals surface area contributed by atoms with Gasteiger partial charge in [-0.3, -0.25) is 9.59 Å². The van der Waals surface area contributed by atoms with Crippen molar-refractivity contribution < 1.29 is 14.4 Å². The van der Waals surface area contributed by atoms with Crippen molar-refractivity contribution >= 4 is 12.4 Å². The minimum atomic E-state index is -0.535. The Kier molecular flexibility index (Phi) is 9.27. The molecule has 1 rings (SSSR count). The predicted octanol–water partition coefficient (Wildman–Crippen LogP) is 3.32. The summed E-state index contributed by atoms with van der Waals surface area (Å²) in [5.74, 6) is 3.40. The minimum Gasteiger partial charge on any atom is -0.341 e. The molecule has 0 spiro atoms. The first-order valence-corrected chi connectivity index (χ1v) is 7.28. The van der Waals surface area contributed by atoms with Crippen LogP contribution in [0.5, 0.6) is 0 Å². The number of carbonyl (C=O) groups is 2. The SMILES string of the molecule is CC(=O)ONC=O.CCC1CC(C)CCC1C(C)C. The summed E-state index contributed by atoms with van der Waals surface area (Å²) < 4.78 is 0. The molecule has 0 aromatic rings. The van der Waals surface area contributed by atoms with E-state index >= 15 is 0 Å². The Morgan fingerprint density at radius 1 is 1.42 bits per heavy atom. The fourth-order valence-electron chi connectivity index (χ4n) is 2.98. The summed E-state index contributed by atoms with van der Waals surface area (Å²) in [6, 6.07) is 0. The molecule has 0 radical (unpaired) electrons. The normalized spacial score (nSPS) is 26.1. The molecule has 1 saturated carbocycles. The molecule has 1 aliphatic rings. The molecule has 3 atom stereocenters. The van der Waals surface area contributed by atoms with Crippen molar-refractivity contribution in [3.05, 3.63) is 0 Å². The van der Waals surface area contributed by atoms with Crippen molar-refractivity contribution in [1.29, 1.82) is 0 Å². The summed E-state index contributed by atoms with van der Waals surface area (Å²) in [4.78, 5) is 23.0. The zero-order valence-electron chi connectivity index (χ0n) is 12.9. The van der Waals surface area contributed by atoms with Crippen LogP contribution in [0.1, 0.15) is 60.3 Å². The first-order chi connectivity index (χ1) is 8.92. The van der Waals surface area contributed by atoms with E-state index in [1.807, 2.05) is 0 Å². The number of hydroxylamine groups is 1. The molecule has 4 nitrogen and oxygen atoms in total. The number of rotatable bonds is 4. The van der Waals surface area contributed by atoms with Crippen LogP contribution in [-0.2, 0) is 14.4 Å². The average Bonchev–Trinajstić information content (AvgIpc) is 2.36. The Morgan fingerprint density at radius 3 is 2.42 bits per heavy atom. The number of amides is 1. The summed E-state index contributed by atoms with van der Waals surface area (Å²) in [6.07, 6.45) is 6.12. The highest BCUT2D eigenvalue weighted by Crippen LogP contribution is 2.39. The topological polar surface area (TPSA) is 55.4 Å². The smallest absolute Gasteiger partial charge is 0.329 e. The lowest BCUT2D eigenvalue weighted by molar-refractivity contribution is -0.151. The van der Waals surface area contributed by atoms with E-state index in [-0.39, 0.29) is 6.41 Å². The maximum atomic E-state index is 9.76. The highest BCUT2D eigenvalue weighted by molar-refractivity contribution is 5.66. The summed E-state index contributed by atoms with van der Waals surface area (Å²) in [5, 5.41) is 0. The molecule has 1 aliphatic carbocycles. The van der Waals surface area contributed by atoms with E-state index in [0.717, 1.165) is 23.7 Å². The number of hydrogen-bond acceptors (Lipinski definition) is 3. The van der Waals surface area contributed by atoms with E-state index in [1.54, 1.807) is 5.48 Å². The molecule has 1 fully saturated rings. The standard InChI is InChI=1S/C12H24.C3H5NO3/c1-5-11-8-10(4)6-7-12(11)9(2)3;1-3(6)7-4-2-5/h9-12H,5-8H2,1-4H3;2H,1H3,(H,4,5). The number of carbonyl (C=O) groups excluding carboxylic acids is 2. The Bertz CT molecular complexity index is 266. The Hall–Kier alpha value is -1.06. The van der Waals surface area contributed by atoms with Gasteiger partial charge in [0.2, 0.25) is 6.41 Å². The van der Waals surface area contributed by atoms with Gasteiger partial charge in [-0.1, -0.05) is 40.5 Å². The van der Waals surface area contributed by atoms with Gasteiger partial charge in [0.1, 0.15) is 0 Å². The van der Waals surface area contributed by atoms with Gasteiger partial charge in [-0.2, -0.15) is 5.48 Å². The monoisotopic (exact) mass is 271 g/mol. The zero-order chi connectivity index (χ0) is 14.8. The Morgan fingerprint density at radius 2 is 2.05 bits per heavy atom. The van der Waals surface area contributed by atoms with Crippen molar-refractivity contribution in [2.24, 2.45) is 23.7 Å². The van der Waals surface area contributed by atoms with E-state index in [4.69, 9.17) is 0 Å². The van der Waals surface area contributed by atoms with Gasteiger partial charge in [-0.25, -0.2) is 0 Å². The van der Waals surface area contributed by atoms with Gasteiger partial charge in [-0.05, 0) is 36.5 Å². The maximum absolute atomic E-state index is 9.76. The van der Waals surface area contributed by atoms with E-state index in [0.29, 0.717) is 0 Å². The largest absolute Gasteiger partial charge is 0.341 e. The summed E-state index contributed by atoms with van der Waals surface area (Å²) >= 11 is 0. The van der Waals surface area contributed by atoms with Crippen LogP contribution in [0.4, 0.5) is 0 Å². The lowest BCUT2D eigenvalue weighted by Gasteiger charge is -2.36. The van der Waals surface area contributed by atoms with Crippen LogP contribution in [0, 0.1) is 23.7 Å². The third kappa shape index (κ3) is 7.85. The second kappa shape index (κ2) is 9.82. The second-order valence-electron chi connectivity index (χ2n) is 5.82. The molecule has 1 amide bonds. The summed E-state index contributed by atoms with van der Waals surface area (Å²) in [7, 11) is 0. The molecule has 4 heteroatoms. The minimum absolute atomic E-state index is 0.279. The van der Waals surface area contributed by atoms with Crippen LogP contribution in [0.15, 0.2) is 0 Å². The van der Waals surface area contributed by atoms with Crippen molar-refractivity contribution in [2.75, 3.05) is 0 Å². The average molecular weight is 271 g/mol. The number of hydrogen-bond donors (Lipinski definition) is 1. The first-order valence-electron chi connectivity index (χ1n) is 7.28. The van der Waals surface area contributed by atoms with Gasteiger partial charge in [-0.15, -0.1) is 0 Å². The van der Waals surface area contributed by atoms with Gasteiger partial charge in [0.05, 0.1) is 0 Å². The maximum Gasteiger partial charge on any atom is 0.329 e. The van der Waals surface area contributed by atoms with Gasteiger partial charge in [0.15, 0.2) is 0 Å². The quantitative estimate of drug-likeness (QED) is 0.630.